The third-order valence-electron chi connectivity index (χ3n) is 0.910. The molecule has 0 amide bonds. The van der Waals surface area contributed by atoms with Crippen molar-refractivity contribution in [2.75, 3.05) is 13.2 Å². The molecule has 0 N–H and O–H groups in total. The number of carbonyl (C=O) groups is 1. The van der Waals surface area contributed by atoms with E-state index in [1.54, 1.807) is 0 Å². The average Bonchev–Trinajstić information content (AvgIpc) is 1.85. The van der Waals surface area contributed by atoms with E-state index in [-0.39, 0.29) is 19.6 Å². The standard InChI is InChI=1S/C6H9F3O2/c7-6(8,9)2-5-11-4-1-3-10/h3H,1-2,4-5H2. The molecule has 66 valence electrons. The zero-order valence-corrected chi connectivity index (χ0v) is 5.86. The SMILES string of the molecule is O=CCCOCCC(F)(F)F. The Morgan fingerprint density at radius 1 is 1.27 bits per heavy atom. The van der Waals surface area contributed by atoms with Gasteiger partial charge in [0, 0.05) is 6.42 Å². The molecule has 0 aromatic rings. The van der Waals surface area contributed by atoms with E-state index in [0.29, 0.717) is 6.29 Å². The second kappa shape index (κ2) is 5.12. The minimum atomic E-state index is -4.17. The van der Waals surface area contributed by atoms with E-state index >= 15 is 0 Å². The predicted molar refractivity (Wildman–Crippen MR) is 32.2 cm³/mol. The van der Waals surface area contributed by atoms with E-state index < -0.39 is 12.6 Å². The van der Waals surface area contributed by atoms with E-state index in [0.717, 1.165) is 0 Å². The summed E-state index contributed by atoms with van der Waals surface area (Å²) in [5, 5.41) is 0. The summed E-state index contributed by atoms with van der Waals surface area (Å²) >= 11 is 0. The van der Waals surface area contributed by atoms with Crippen LogP contribution in [0.1, 0.15) is 12.8 Å². The third-order valence-corrected chi connectivity index (χ3v) is 0.910. The van der Waals surface area contributed by atoms with Gasteiger partial charge in [-0.2, -0.15) is 13.2 Å². The number of ether oxygens (including phenoxy) is 1. The van der Waals surface area contributed by atoms with E-state index in [9.17, 15) is 18.0 Å². The van der Waals surface area contributed by atoms with Crippen LogP contribution in [0.4, 0.5) is 13.2 Å². The van der Waals surface area contributed by atoms with E-state index in [1.165, 1.54) is 0 Å². The van der Waals surface area contributed by atoms with Crippen LogP contribution in [0, 0.1) is 0 Å². The van der Waals surface area contributed by atoms with Gasteiger partial charge in [0.2, 0.25) is 0 Å². The maximum absolute atomic E-state index is 11.4. The first-order chi connectivity index (χ1) is 5.06. The van der Waals surface area contributed by atoms with Crippen LogP contribution in [0.25, 0.3) is 0 Å². The number of hydrogen-bond donors (Lipinski definition) is 0. The topological polar surface area (TPSA) is 26.3 Å². The lowest BCUT2D eigenvalue weighted by Gasteiger charge is -2.05. The Balaban J connectivity index is 3.08. The van der Waals surface area contributed by atoms with Crippen LogP contribution >= 0.6 is 0 Å². The molecule has 0 saturated carbocycles. The molecule has 0 spiro atoms. The highest BCUT2D eigenvalue weighted by atomic mass is 19.4. The van der Waals surface area contributed by atoms with Gasteiger partial charge in [0.05, 0.1) is 19.6 Å². The van der Waals surface area contributed by atoms with Crippen molar-refractivity contribution in [3.05, 3.63) is 0 Å². The van der Waals surface area contributed by atoms with Crippen molar-refractivity contribution in [1.82, 2.24) is 0 Å². The maximum atomic E-state index is 11.4. The van der Waals surface area contributed by atoms with Crippen molar-refractivity contribution in [3.63, 3.8) is 0 Å². The molecule has 11 heavy (non-hydrogen) atoms. The van der Waals surface area contributed by atoms with E-state index in [4.69, 9.17) is 0 Å². The molecule has 0 aromatic carbocycles. The molecular formula is C6H9F3O2. The average molecular weight is 170 g/mol. The molecule has 0 fully saturated rings. The quantitative estimate of drug-likeness (QED) is 0.462. The molecule has 0 rings (SSSR count). The van der Waals surface area contributed by atoms with Gasteiger partial charge in [-0.3, -0.25) is 0 Å². The number of rotatable bonds is 5. The first-order valence-electron chi connectivity index (χ1n) is 3.14. The van der Waals surface area contributed by atoms with Gasteiger partial charge in [0.15, 0.2) is 0 Å². The number of hydrogen-bond acceptors (Lipinski definition) is 2. The molecule has 0 radical (unpaired) electrons. The van der Waals surface area contributed by atoms with Crippen LogP contribution in [-0.4, -0.2) is 25.7 Å². The maximum Gasteiger partial charge on any atom is 0.391 e. The molecule has 0 atom stereocenters. The highest BCUT2D eigenvalue weighted by Crippen LogP contribution is 2.18. The summed E-state index contributed by atoms with van der Waals surface area (Å²) in [6.07, 6.45) is -4.36. The Kier molecular flexibility index (Phi) is 4.85. The lowest BCUT2D eigenvalue weighted by atomic mass is 10.4. The summed E-state index contributed by atoms with van der Waals surface area (Å²) in [7, 11) is 0. The summed E-state index contributed by atoms with van der Waals surface area (Å²) in [5.41, 5.74) is 0. The van der Waals surface area contributed by atoms with Gasteiger partial charge < -0.3 is 9.53 Å². The van der Waals surface area contributed by atoms with Crippen molar-refractivity contribution in [2.24, 2.45) is 0 Å². The Morgan fingerprint density at radius 3 is 2.36 bits per heavy atom. The molecular weight excluding hydrogens is 161 g/mol. The first kappa shape index (κ1) is 10.4. The third kappa shape index (κ3) is 9.42. The number of alkyl halides is 3. The second-order valence-electron chi connectivity index (χ2n) is 1.93. The Morgan fingerprint density at radius 2 is 1.91 bits per heavy atom. The van der Waals surface area contributed by atoms with Gasteiger partial charge in [-0.15, -0.1) is 0 Å². The molecule has 0 heterocycles. The van der Waals surface area contributed by atoms with E-state index in [2.05, 4.69) is 4.74 Å². The largest absolute Gasteiger partial charge is 0.391 e. The summed E-state index contributed by atoms with van der Waals surface area (Å²) < 4.78 is 38.7. The fraction of sp³-hybridized carbons (Fsp3) is 0.833. The van der Waals surface area contributed by atoms with E-state index in [1.807, 2.05) is 0 Å². The molecule has 2 nitrogen and oxygen atoms in total. The van der Waals surface area contributed by atoms with Gasteiger partial charge in [-0.05, 0) is 0 Å². The van der Waals surface area contributed by atoms with Gasteiger partial charge in [0.25, 0.3) is 0 Å². The van der Waals surface area contributed by atoms with Crippen molar-refractivity contribution in [3.8, 4) is 0 Å². The molecule has 0 aliphatic carbocycles. The molecule has 5 heteroatoms. The first-order valence-corrected chi connectivity index (χ1v) is 3.14. The minimum absolute atomic E-state index is 0.0690. The number of halogens is 3. The summed E-state index contributed by atoms with van der Waals surface area (Å²) in [5.74, 6) is 0. The molecule has 0 aromatic heterocycles. The smallest absolute Gasteiger partial charge is 0.381 e. The van der Waals surface area contributed by atoms with Crippen molar-refractivity contribution < 1.29 is 22.7 Å². The zero-order chi connectivity index (χ0) is 8.74. The highest BCUT2D eigenvalue weighted by molar-refractivity contribution is 5.49. The van der Waals surface area contributed by atoms with Crippen LogP contribution in [0.3, 0.4) is 0 Å². The molecule has 0 aliphatic heterocycles. The number of carbonyl (C=O) groups excluding carboxylic acids is 1. The predicted octanol–water partition coefficient (Wildman–Crippen LogP) is 1.54. The monoisotopic (exact) mass is 170 g/mol. The van der Waals surface area contributed by atoms with Crippen molar-refractivity contribution >= 4 is 6.29 Å². The van der Waals surface area contributed by atoms with Gasteiger partial charge in [-0.1, -0.05) is 0 Å². The second-order valence-corrected chi connectivity index (χ2v) is 1.93. The zero-order valence-electron chi connectivity index (χ0n) is 5.86. The summed E-state index contributed by atoms with van der Waals surface area (Å²) in [4.78, 5) is 9.66. The number of aldehydes is 1. The minimum Gasteiger partial charge on any atom is -0.381 e. The van der Waals surface area contributed by atoms with Crippen LogP contribution in [0.2, 0.25) is 0 Å². The fourth-order valence-corrected chi connectivity index (χ4v) is 0.421. The van der Waals surface area contributed by atoms with Crippen LogP contribution in [-0.2, 0) is 9.53 Å². The van der Waals surface area contributed by atoms with Crippen molar-refractivity contribution in [1.29, 1.82) is 0 Å². The van der Waals surface area contributed by atoms with Gasteiger partial charge in [0.1, 0.15) is 6.29 Å². The summed E-state index contributed by atoms with van der Waals surface area (Å²) in [6.45, 7) is -0.295. The normalized spacial score (nSPS) is 11.5. The van der Waals surface area contributed by atoms with Crippen LogP contribution in [0.15, 0.2) is 0 Å². The van der Waals surface area contributed by atoms with Crippen LogP contribution < -0.4 is 0 Å². The highest BCUT2D eigenvalue weighted by Gasteiger charge is 2.26. The fourth-order valence-electron chi connectivity index (χ4n) is 0.421. The Hall–Kier alpha value is -0.580. The van der Waals surface area contributed by atoms with Crippen molar-refractivity contribution in [2.45, 2.75) is 19.0 Å². The van der Waals surface area contributed by atoms with Crippen LogP contribution in [0.5, 0.6) is 0 Å². The lowest BCUT2D eigenvalue weighted by Crippen LogP contribution is -2.11. The molecule has 0 saturated heterocycles. The molecule has 0 unspecified atom stereocenters. The lowest BCUT2D eigenvalue weighted by molar-refractivity contribution is -0.145. The Bertz CT molecular complexity index is 111. The Labute approximate surface area is 62.3 Å². The molecule has 0 bridgehead atoms. The van der Waals surface area contributed by atoms with Gasteiger partial charge >= 0.3 is 6.18 Å². The molecule has 0 aliphatic rings. The summed E-state index contributed by atoms with van der Waals surface area (Å²) in [6, 6.07) is 0. The van der Waals surface area contributed by atoms with Gasteiger partial charge in [-0.25, -0.2) is 0 Å².